The lowest BCUT2D eigenvalue weighted by atomic mass is 9.87. The molecule has 1 saturated heterocycles. The van der Waals surface area contributed by atoms with Crippen LogP contribution in [0.15, 0.2) is 42.5 Å². The number of hydrogen-bond donors (Lipinski definition) is 1. The molecule has 0 bridgehead atoms. The number of nitro groups is 1. The predicted octanol–water partition coefficient (Wildman–Crippen LogP) is 4.85. The second-order valence-electron chi connectivity index (χ2n) is 11.2. The van der Waals surface area contributed by atoms with E-state index in [9.17, 15) is 20.2 Å². The quantitative estimate of drug-likeness (QED) is 0.411. The summed E-state index contributed by atoms with van der Waals surface area (Å²) in [5.41, 5.74) is 3.22. The Bertz CT molecular complexity index is 1170. The maximum atomic E-state index is 12.8. The van der Waals surface area contributed by atoms with Gasteiger partial charge < -0.3 is 19.9 Å². The van der Waals surface area contributed by atoms with Gasteiger partial charge in [-0.3, -0.25) is 14.9 Å². The summed E-state index contributed by atoms with van der Waals surface area (Å²) < 4.78 is 5.98. The number of anilines is 2. The zero-order valence-corrected chi connectivity index (χ0v) is 22.5. The first-order valence-corrected chi connectivity index (χ1v) is 13.3. The average Bonchev–Trinajstić information content (AvgIpc) is 2.92. The molecule has 0 spiro atoms. The average molecular weight is 520 g/mol. The van der Waals surface area contributed by atoms with Gasteiger partial charge in [0.1, 0.15) is 18.2 Å². The van der Waals surface area contributed by atoms with Crippen molar-refractivity contribution in [3.05, 3.63) is 63.7 Å². The lowest BCUT2D eigenvalue weighted by Crippen LogP contribution is -2.50. The predicted molar refractivity (Wildman–Crippen MR) is 147 cm³/mol. The molecule has 9 heteroatoms. The summed E-state index contributed by atoms with van der Waals surface area (Å²) in [7, 11) is 0. The number of ether oxygens (including phenoxy) is 1. The number of amides is 1. The van der Waals surface area contributed by atoms with Crippen LogP contribution in [-0.2, 0) is 14.9 Å². The van der Waals surface area contributed by atoms with Gasteiger partial charge in [0.25, 0.3) is 5.69 Å². The molecule has 2 aromatic rings. The van der Waals surface area contributed by atoms with E-state index in [2.05, 4.69) is 55.3 Å². The molecule has 1 aliphatic carbocycles. The number of benzene rings is 2. The molecule has 1 heterocycles. The number of hydrogen-bond acceptors (Lipinski definition) is 7. The van der Waals surface area contributed by atoms with Gasteiger partial charge in [0.15, 0.2) is 0 Å². The fourth-order valence-corrected chi connectivity index (χ4v) is 5.15. The van der Waals surface area contributed by atoms with Gasteiger partial charge in [-0.25, -0.2) is 0 Å². The molecule has 0 unspecified atom stereocenters. The first-order valence-electron chi connectivity index (χ1n) is 13.3. The van der Waals surface area contributed by atoms with Gasteiger partial charge in [-0.05, 0) is 60.9 Å². The molecule has 2 aromatic carbocycles. The van der Waals surface area contributed by atoms with Crippen LogP contribution in [0.4, 0.5) is 17.1 Å². The van der Waals surface area contributed by atoms with Crippen molar-refractivity contribution in [1.29, 1.82) is 5.26 Å². The van der Waals surface area contributed by atoms with Gasteiger partial charge >= 0.3 is 0 Å². The van der Waals surface area contributed by atoms with Crippen molar-refractivity contribution in [2.45, 2.75) is 64.0 Å². The van der Waals surface area contributed by atoms with Crippen molar-refractivity contribution in [2.75, 3.05) is 43.0 Å². The van der Waals surface area contributed by atoms with Crippen LogP contribution < -0.4 is 10.2 Å². The third-order valence-electron chi connectivity index (χ3n) is 7.53. The smallest absolute Gasteiger partial charge is 0.287 e. The van der Waals surface area contributed by atoms with Crippen LogP contribution in [0.3, 0.4) is 0 Å². The van der Waals surface area contributed by atoms with Gasteiger partial charge in [0.2, 0.25) is 5.91 Å². The number of nitrogens with one attached hydrogen (secondary N) is 1. The van der Waals surface area contributed by atoms with Crippen LogP contribution in [0.1, 0.15) is 57.6 Å². The number of piperazine rings is 1. The highest BCUT2D eigenvalue weighted by Gasteiger charge is 2.26. The number of carbonyl (C=O) groups is 1. The lowest BCUT2D eigenvalue weighted by Gasteiger charge is -2.37. The van der Waals surface area contributed by atoms with Crippen molar-refractivity contribution >= 4 is 23.0 Å². The van der Waals surface area contributed by atoms with Gasteiger partial charge in [0.05, 0.1) is 11.0 Å². The summed E-state index contributed by atoms with van der Waals surface area (Å²) in [4.78, 5) is 27.5. The van der Waals surface area contributed by atoms with Crippen molar-refractivity contribution in [2.24, 2.45) is 0 Å². The van der Waals surface area contributed by atoms with Gasteiger partial charge in [-0.2, -0.15) is 5.26 Å². The summed E-state index contributed by atoms with van der Waals surface area (Å²) in [5.74, 6) is 0.0443. The van der Waals surface area contributed by atoms with Gasteiger partial charge in [0, 0.05) is 49.7 Å². The molecule has 38 heavy (non-hydrogen) atoms. The topological polar surface area (TPSA) is 112 Å². The Morgan fingerprint density at radius 3 is 2.32 bits per heavy atom. The molecule has 1 amide bonds. The van der Waals surface area contributed by atoms with Crippen LogP contribution in [0.2, 0.25) is 0 Å². The van der Waals surface area contributed by atoms with Crippen LogP contribution in [-0.4, -0.2) is 60.7 Å². The highest BCUT2D eigenvalue weighted by Crippen LogP contribution is 2.28. The van der Waals surface area contributed by atoms with Crippen molar-refractivity contribution in [1.82, 2.24) is 4.90 Å². The third-order valence-corrected chi connectivity index (χ3v) is 7.53. The second-order valence-corrected chi connectivity index (χ2v) is 11.2. The third kappa shape index (κ3) is 6.81. The van der Waals surface area contributed by atoms with Crippen LogP contribution in [0.5, 0.6) is 0 Å². The first kappa shape index (κ1) is 27.4. The van der Waals surface area contributed by atoms with E-state index in [1.54, 1.807) is 6.07 Å². The summed E-state index contributed by atoms with van der Waals surface area (Å²) in [6.07, 6.45) is 3.45. The first-order chi connectivity index (χ1) is 18.1. The standard InChI is InChI=1S/C29H37N5O4/c1-29(2,3)22-4-9-25(10-5-22)32-14-16-33(17-15-32)28(35)20-38-26-11-6-23(7-12-26)31-24-8-13-27(34(36)37)21(18-24)19-30/h4-5,8-10,13,18,23,26,31H,6-7,11-12,14-17,20H2,1-3H3. The fraction of sp³-hybridized carbons (Fsp3) is 0.517. The molecule has 2 fully saturated rings. The maximum absolute atomic E-state index is 12.8. The van der Waals surface area contributed by atoms with E-state index in [1.165, 1.54) is 23.4 Å². The normalized spacial score (nSPS) is 20.1. The molecule has 9 nitrogen and oxygen atoms in total. The Balaban J connectivity index is 1.17. The summed E-state index contributed by atoms with van der Waals surface area (Å²) >= 11 is 0. The minimum Gasteiger partial charge on any atom is -0.382 e. The fourth-order valence-electron chi connectivity index (χ4n) is 5.15. The molecule has 0 atom stereocenters. The van der Waals surface area contributed by atoms with E-state index >= 15 is 0 Å². The molecule has 0 radical (unpaired) electrons. The zero-order chi connectivity index (χ0) is 27.3. The van der Waals surface area contributed by atoms with Crippen LogP contribution in [0, 0.1) is 21.4 Å². The number of nitriles is 1. The highest BCUT2D eigenvalue weighted by atomic mass is 16.6. The Morgan fingerprint density at radius 1 is 1.08 bits per heavy atom. The Morgan fingerprint density at radius 2 is 1.74 bits per heavy atom. The zero-order valence-electron chi connectivity index (χ0n) is 22.5. The molecular formula is C29H37N5O4. The SMILES string of the molecule is CC(C)(C)c1ccc(N2CCN(C(=O)COC3CCC(Nc4ccc([N+](=O)[O-])c(C#N)c4)CC3)CC2)cc1. The van der Waals surface area contributed by atoms with E-state index in [4.69, 9.17) is 4.74 Å². The van der Waals surface area contributed by atoms with E-state index in [-0.39, 0.29) is 41.3 Å². The Kier molecular flexibility index (Phi) is 8.52. The largest absolute Gasteiger partial charge is 0.382 e. The number of nitrogens with zero attached hydrogens (tertiary/aromatic N) is 4. The minimum absolute atomic E-state index is 0.0443. The van der Waals surface area contributed by atoms with E-state index in [0.717, 1.165) is 38.8 Å². The molecule has 202 valence electrons. The van der Waals surface area contributed by atoms with Gasteiger partial charge in [-0.1, -0.05) is 32.9 Å². The molecule has 0 aromatic heterocycles. The van der Waals surface area contributed by atoms with Crippen LogP contribution >= 0.6 is 0 Å². The molecule has 1 aliphatic heterocycles. The summed E-state index contributed by atoms with van der Waals surface area (Å²) in [6, 6.07) is 15.4. The maximum Gasteiger partial charge on any atom is 0.287 e. The second kappa shape index (κ2) is 11.8. The van der Waals surface area contributed by atoms with E-state index in [0.29, 0.717) is 18.8 Å². The minimum atomic E-state index is -0.544. The molecule has 1 N–H and O–H groups in total. The number of nitro benzene ring substituents is 1. The molecule has 2 aliphatic rings. The Hall–Kier alpha value is -3.64. The summed E-state index contributed by atoms with van der Waals surface area (Å²) in [6.45, 7) is 9.76. The highest BCUT2D eigenvalue weighted by molar-refractivity contribution is 5.77. The van der Waals surface area contributed by atoms with E-state index < -0.39 is 4.92 Å². The lowest BCUT2D eigenvalue weighted by molar-refractivity contribution is -0.385. The monoisotopic (exact) mass is 519 g/mol. The Labute approximate surface area is 224 Å². The molecular weight excluding hydrogens is 482 g/mol. The number of rotatable bonds is 7. The van der Waals surface area contributed by atoms with Crippen molar-refractivity contribution in [3.63, 3.8) is 0 Å². The van der Waals surface area contributed by atoms with Crippen molar-refractivity contribution < 1.29 is 14.5 Å². The summed E-state index contributed by atoms with van der Waals surface area (Å²) in [5, 5.41) is 23.6. The van der Waals surface area contributed by atoms with E-state index in [1.807, 2.05) is 11.0 Å². The van der Waals surface area contributed by atoms with Crippen molar-refractivity contribution in [3.8, 4) is 6.07 Å². The van der Waals surface area contributed by atoms with Gasteiger partial charge in [-0.15, -0.1) is 0 Å². The molecule has 1 saturated carbocycles. The molecule has 4 rings (SSSR count). The van der Waals surface area contributed by atoms with Crippen LogP contribution in [0.25, 0.3) is 0 Å². The number of carbonyl (C=O) groups excluding carboxylic acids is 1.